The molecular weight excluding hydrogens is 172 g/mol. The molecule has 13 heavy (non-hydrogen) atoms. The first kappa shape index (κ1) is 7.03. The Morgan fingerprint density at radius 3 is 3.23 bits per heavy atom. The van der Waals surface area contributed by atoms with Gasteiger partial charge in [0.2, 0.25) is 17.8 Å². The van der Waals surface area contributed by atoms with Crippen molar-refractivity contribution in [3.8, 4) is 11.5 Å². The largest absolute Gasteiger partial charge is 0.487 e. The highest BCUT2D eigenvalue weighted by Crippen LogP contribution is 2.52. The fourth-order valence-corrected chi connectivity index (χ4v) is 1.66. The van der Waals surface area contributed by atoms with E-state index >= 15 is 0 Å². The molecule has 4 nitrogen and oxygen atoms in total. The van der Waals surface area contributed by atoms with Crippen LogP contribution < -0.4 is 9.47 Å². The molecule has 3 rings (SSSR count). The van der Waals surface area contributed by atoms with E-state index in [0.29, 0.717) is 34.8 Å². The number of hydrogen-bond acceptors (Lipinski definition) is 4. The van der Waals surface area contributed by atoms with Gasteiger partial charge in [-0.2, -0.15) is 0 Å². The summed E-state index contributed by atoms with van der Waals surface area (Å²) >= 11 is 0. The minimum Gasteiger partial charge on any atom is -0.487 e. The van der Waals surface area contributed by atoms with Gasteiger partial charge in [0.1, 0.15) is 0 Å². The minimum absolute atomic E-state index is 0.543. The Morgan fingerprint density at radius 2 is 2.46 bits per heavy atom. The van der Waals surface area contributed by atoms with Gasteiger partial charge in [0.25, 0.3) is 0 Å². The van der Waals surface area contributed by atoms with Crippen molar-refractivity contribution in [3.63, 3.8) is 0 Å². The Labute approximate surface area is 74.0 Å². The predicted octanol–water partition coefficient (Wildman–Crippen LogP) is 1.65. The number of aliphatic hydroxyl groups excluding tert-OH is 1. The molecule has 0 aromatic carbocycles. The summed E-state index contributed by atoms with van der Waals surface area (Å²) in [5.74, 6) is 1.15. The smallest absolute Gasteiger partial charge is 0.228 e. The second kappa shape index (κ2) is 2.09. The number of ether oxygens (including phenoxy) is 2. The fourth-order valence-electron chi connectivity index (χ4n) is 1.66. The van der Waals surface area contributed by atoms with Crippen LogP contribution in [0.1, 0.15) is 18.8 Å². The summed E-state index contributed by atoms with van der Waals surface area (Å²) < 4.78 is 15.8. The molecular formula is C9H8O4. The van der Waals surface area contributed by atoms with Crippen LogP contribution in [-0.2, 0) is 0 Å². The minimum atomic E-state index is -0.888. The molecule has 0 saturated carbocycles. The standard InChI is InChI=1S/C9H8O4/c1-2-11-7-5-3-4-6(12-5)8(7)13-9(4)10/h3,9-10H,2H2,1H3. The summed E-state index contributed by atoms with van der Waals surface area (Å²) in [5.41, 5.74) is 1.97. The van der Waals surface area contributed by atoms with E-state index in [2.05, 4.69) is 0 Å². The highest BCUT2D eigenvalue weighted by Gasteiger charge is 2.35. The molecule has 4 heteroatoms. The zero-order valence-corrected chi connectivity index (χ0v) is 7.03. The Bertz CT molecular complexity index is 445. The summed E-state index contributed by atoms with van der Waals surface area (Å²) in [6.07, 6.45) is -0.888. The van der Waals surface area contributed by atoms with E-state index in [1.54, 1.807) is 6.07 Å². The molecule has 1 unspecified atom stereocenters. The Morgan fingerprint density at radius 1 is 1.62 bits per heavy atom. The maximum Gasteiger partial charge on any atom is 0.228 e. The van der Waals surface area contributed by atoms with Crippen LogP contribution in [0.2, 0.25) is 0 Å². The molecule has 1 N–H and O–H groups in total. The van der Waals surface area contributed by atoms with Crippen molar-refractivity contribution in [2.24, 2.45) is 0 Å². The molecule has 0 radical (unpaired) electrons. The number of rotatable bonds is 2. The molecule has 2 aromatic heterocycles. The van der Waals surface area contributed by atoms with Crippen LogP contribution in [0.3, 0.4) is 0 Å². The van der Waals surface area contributed by atoms with E-state index in [1.165, 1.54) is 0 Å². The first-order chi connectivity index (χ1) is 6.31. The Kier molecular flexibility index (Phi) is 1.13. The molecule has 2 aromatic rings. The number of aliphatic hydroxyl groups is 1. The lowest BCUT2D eigenvalue weighted by Crippen LogP contribution is -1.98. The molecule has 1 aliphatic rings. The topological polar surface area (TPSA) is 51.8 Å². The monoisotopic (exact) mass is 180 g/mol. The van der Waals surface area contributed by atoms with Crippen LogP contribution in [0.4, 0.5) is 0 Å². The Balaban J connectivity index is 2.21. The molecule has 68 valence electrons. The van der Waals surface area contributed by atoms with Gasteiger partial charge in [-0.25, -0.2) is 0 Å². The lowest BCUT2D eigenvalue weighted by molar-refractivity contribution is -0.00962. The van der Waals surface area contributed by atoms with Gasteiger partial charge in [0.05, 0.1) is 12.2 Å². The van der Waals surface area contributed by atoms with Gasteiger partial charge >= 0.3 is 0 Å². The third-order valence-corrected chi connectivity index (χ3v) is 2.18. The zero-order valence-electron chi connectivity index (χ0n) is 7.03. The van der Waals surface area contributed by atoms with E-state index in [-0.39, 0.29) is 0 Å². The number of furan rings is 2. The number of hydrogen-bond donors (Lipinski definition) is 1. The second-order valence-electron chi connectivity index (χ2n) is 2.96. The van der Waals surface area contributed by atoms with E-state index in [9.17, 15) is 5.11 Å². The highest BCUT2D eigenvalue weighted by molar-refractivity contribution is 5.85. The van der Waals surface area contributed by atoms with Gasteiger partial charge in [-0.05, 0) is 13.0 Å². The molecule has 1 aliphatic heterocycles. The molecule has 0 spiro atoms. The van der Waals surface area contributed by atoms with Gasteiger partial charge in [0, 0.05) is 0 Å². The molecule has 2 bridgehead atoms. The van der Waals surface area contributed by atoms with Crippen molar-refractivity contribution in [1.29, 1.82) is 0 Å². The van der Waals surface area contributed by atoms with Crippen LogP contribution in [0.15, 0.2) is 10.5 Å². The van der Waals surface area contributed by atoms with E-state index < -0.39 is 6.29 Å². The summed E-state index contributed by atoms with van der Waals surface area (Å²) in [7, 11) is 0. The van der Waals surface area contributed by atoms with Crippen LogP contribution in [0.5, 0.6) is 11.5 Å². The maximum absolute atomic E-state index is 9.39. The average Bonchev–Trinajstić information content (AvgIpc) is 2.69. The lowest BCUT2D eigenvalue weighted by atomic mass is 10.2. The maximum atomic E-state index is 9.39. The van der Waals surface area contributed by atoms with Gasteiger partial charge < -0.3 is 19.0 Å². The van der Waals surface area contributed by atoms with Crippen molar-refractivity contribution in [1.82, 2.24) is 0 Å². The lowest BCUT2D eigenvalue weighted by Gasteiger charge is -2.03. The van der Waals surface area contributed by atoms with Gasteiger partial charge in [-0.3, -0.25) is 0 Å². The summed E-state index contributed by atoms with van der Waals surface area (Å²) in [6.45, 7) is 2.45. The SMILES string of the molecule is CCOc1c2c3oc1cc3C(O)O2. The number of benzene rings is 1. The van der Waals surface area contributed by atoms with Gasteiger partial charge in [-0.1, -0.05) is 0 Å². The van der Waals surface area contributed by atoms with Crippen molar-refractivity contribution in [3.05, 3.63) is 11.6 Å². The molecule has 1 atom stereocenters. The van der Waals surface area contributed by atoms with E-state index in [0.717, 1.165) is 0 Å². The highest BCUT2D eigenvalue weighted by atomic mass is 16.6. The van der Waals surface area contributed by atoms with Crippen LogP contribution in [0, 0.1) is 0 Å². The van der Waals surface area contributed by atoms with E-state index in [1.807, 2.05) is 6.92 Å². The second-order valence-corrected chi connectivity index (χ2v) is 2.96. The van der Waals surface area contributed by atoms with Crippen LogP contribution >= 0.6 is 0 Å². The van der Waals surface area contributed by atoms with Crippen molar-refractivity contribution >= 4 is 11.2 Å². The number of fused-ring (bicyclic) bond motifs is 1. The molecule has 0 fully saturated rings. The molecule has 0 amide bonds. The Hall–Kier alpha value is -1.42. The predicted molar refractivity (Wildman–Crippen MR) is 44.2 cm³/mol. The fraction of sp³-hybridized carbons (Fsp3) is 0.333. The van der Waals surface area contributed by atoms with Crippen molar-refractivity contribution in [2.45, 2.75) is 13.2 Å². The summed E-state index contributed by atoms with van der Waals surface area (Å²) in [4.78, 5) is 0. The molecule has 0 aliphatic carbocycles. The first-order valence-corrected chi connectivity index (χ1v) is 4.17. The third kappa shape index (κ3) is 0.691. The first-order valence-electron chi connectivity index (χ1n) is 4.17. The third-order valence-electron chi connectivity index (χ3n) is 2.18. The van der Waals surface area contributed by atoms with Crippen molar-refractivity contribution < 1.29 is 19.0 Å². The van der Waals surface area contributed by atoms with Crippen LogP contribution in [-0.4, -0.2) is 11.7 Å². The molecule has 0 saturated heterocycles. The summed E-state index contributed by atoms with van der Waals surface area (Å²) in [5, 5.41) is 9.39. The average molecular weight is 180 g/mol. The normalized spacial score (nSPS) is 19.7. The zero-order chi connectivity index (χ0) is 9.00. The van der Waals surface area contributed by atoms with Gasteiger partial charge in [0.15, 0.2) is 11.2 Å². The van der Waals surface area contributed by atoms with Gasteiger partial charge in [-0.15, -0.1) is 0 Å². The van der Waals surface area contributed by atoms with E-state index in [4.69, 9.17) is 13.9 Å². The van der Waals surface area contributed by atoms with Crippen molar-refractivity contribution in [2.75, 3.05) is 6.61 Å². The quantitative estimate of drug-likeness (QED) is 0.763. The summed E-state index contributed by atoms with van der Waals surface area (Å²) in [6, 6.07) is 1.75. The molecule has 3 heterocycles. The van der Waals surface area contributed by atoms with Crippen LogP contribution in [0.25, 0.3) is 11.2 Å².